The zero-order valence-electron chi connectivity index (χ0n) is 8.32. The Morgan fingerprint density at radius 1 is 1.25 bits per heavy atom. The van der Waals surface area contributed by atoms with E-state index < -0.39 is 17.7 Å². The van der Waals surface area contributed by atoms with Crippen LogP contribution in [0.3, 0.4) is 0 Å². The maximum absolute atomic E-state index is 12.9. The molecule has 0 amide bonds. The second-order valence-electron chi connectivity index (χ2n) is 3.29. The van der Waals surface area contributed by atoms with Crippen LogP contribution >= 0.6 is 0 Å². The van der Waals surface area contributed by atoms with Gasteiger partial charge in [0.25, 0.3) is 5.89 Å². The number of halogens is 2. The molecular formula is C10H8F2N2O2. The highest BCUT2D eigenvalue weighted by atomic mass is 19.1. The normalized spacial score (nSPS) is 12.8. The summed E-state index contributed by atoms with van der Waals surface area (Å²) in [6.07, 6.45) is -0.917. The second-order valence-corrected chi connectivity index (χ2v) is 3.29. The summed E-state index contributed by atoms with van der Waals surface area (Å²) >= 11 is 0. The Kier molecular flexibility index (Phi) is 2.66. The molecule has 0 aliphatic rings. The molecule has 84 valence electrons. The molecule has 0 saturated carbocycles. The fourth-order valence-corrected chi connectivity index (χ4v) is 1.21. The number of hydrogen-bond acceptors (Lipinski definition) is 4. The topological polar surface area (TPSA) is 59.2 Å². The molecule has 0 fully saturated rings. The van der Waals surface area contributed by atoms with Crippen LogP contribution in [0.25, 0.3) is 11.4 Å². The van der Waals surface area contributed by atoms with E-state index in [1.807, 2.05) is 0 Å². The third-order valence-corrected chi connectivity index (χ3v) is 1.92. The van der Waals surface area contributed by atoms with Crippen LogP contribution in [0.5, 0.6) is 0 Å². The van der Waals surface area contributed by atoms with Crippen LogP contribution in [-0.4, -0.2) is 15.2 Å². The van der Waals surface area contributed by atoms with Gasteiger partial charge < -0.3 is 9.63 Å². The molecule has 6 heteroatoms. The van der Waals surface area contributed by atoms with Crippen molar-refractivity contribution in [1.82, 2.24) is 10.1 Å². The smallest absolute Gasteiger partial charge is 0.255 e. The lowest BCUT2D eigenvalue weighted by Gasteiger charge is -1.95. The number of nitrogens with zero attached hydrogens (tertiary/aromatic N) is 2. The van der Waals surface area contributed by atoms with Gasteiger partial charge in [-0.15, -0.1) is 0 Å². The average molecular weight is 226 g/mol. The van der Waals surface area contributed by atoms with Crippen LogP contribution in [0, 0.1) is 11.6 Å². The first-order valence-electron chi connectivity index (χ1n) is 4.54. The number of rotatable bonds is 2. The lowest BCUT2D eigenvalue weighted by Crippen LogP contribution is -1.91. The minimum atomic E-state index is -0.917. The highest BCUT2D eigenvalue weighted by Crippen LogP contribution is 2.20. The van der Waals surface area contributed by atoms with Crippen molar-refractivity contribution < 1.29 is 18.4 Å². The van der Waals surface area contributed by atoms with E-state index >= 15 is 0 Å². The van der Waals surface area contributed by atoms with Gasteiger partial charge in [-0.25, -0.2) is 8.78 Å². The number of hydrogen-bond donors (Lipinski definition) is 1. The lowest BCUT2D eigenvalue weighted by molar-refractivity contribution is 0.152. The van der Waals surface area contributed by atoms with Crippen molar-refractivity contribution in [1.29, 1.82) is 0 Å². The summed E-state index contributed by atoms with van der Waals surface area (Å²) in [5, 5.41) is 12.7. The SMILES string of the molecule is C[C@H](O)c1nc(-c2cc(F)cc(F)c2)no1. The zero-order valence-corrected chi connectivity index (χ0v) is 8.32. The van der Waals surface area contributed by atoms with Gasteiger partial charge >= 0.3 is 0 Å². The lowest BCUT2D eigenvalue weighted by atomic mass is 10.2. The predicted octanol–water partition coefficient (Wildman–Crippen LogP) is 2.07. The first-order valence-corrected chi connectivity index (χ1v) is 4.54. The van der Waals surface area contributed by atoms with Crippen LogP contribution in [0.4, 0.5) is 8.78 Å². The molecule has 0 unspecified atom stereocenters. The van der Waals surface area contributed by atoms with Gasteiger partial charge in [0.1, 0.15) is 17.7 Å². The molecule has 0 bridgehead atoms. The Morgan fingerprint density at radius 2 is 1.88 bits per heavy atom. The number of aromatic nitrogens is 2. The Bertz CT molecular complexity index is 491. The van der Waals surface area contributed by atoms with E-state index in [4.69, 9.17) is 9.63 Å². The molecule has 2 rings (SSSR count). The highest BCUT2D eigenvalue weighted by Gasteiger charge is 2.13. The second kappa shape index (κ2) is 3.97. The van der Waals surface area contributed by atoms with E-state index in [2.05, 4.69) is 10.1 Å². The summed E-state index contributed by atoms with van der Waals surface area (Å²) in [7, 11) is 0. The largest absolute Gasteiger partial charge is 0.384 e. The molecule has 1 heterocycles. The molecule has 0 radical (unpaired) electrons. The molecule has 0 spiro atoms. The fraction of sp³-hybridized carbons (Fsp3) is 0.200. The Balaban J connectivity index is 2.42. The zero-order chi connectivity index (χ0) is 11.7. The molecule has 1 N–H and O–H groups in total. The van der Waals surface area contributed by atoms with Crippen molar-refractivity contribution >= 4 is 0 Å². The van der Waals surface area contributed by atoms with Crippen molar-refractivity contribution in [3.63, 3.8) is 0 Å². The van der Waals surface area contributed by atoms with Gasteiger partial charge in [-0.3, -0.25) is 0 Å². The average Bonchev–Trinajstić information content (AvgIpc) is 2.64. The van der Waals surface area contributed by atoms with Crippen LogP contribution in [-0.2, 0) is 0 Å². The van der Waals surface area contributed by atoms with E-state index in [-0.39, 0.29) is 17.3 Å². The van der Waals surface area contributed by atoms with Crippen LogP contribution in [0.15, 0.2) is 22.7 Å². The van der Waals surface area contributed by atoms with Crippen molar-refractivity contribution in [2.45, 2.75) is 13.0 Å². The van der Waals surface area contributed by atoms with Crippen LogP contribution in [0.2, 0.25) is 0 Å². The minimum Gasteiger partial charge on any atom is -0.384 e. The Hall–Kier alpha value is -1.82. The van der Waals surface area contributed by atoms with E-state index in [1.165, 1.54) is 6.92 Å². The Labute approximate surface area is 89.5 Å². The van der Waals surface area contributed by atoms with Gasteiger partial charge in [-0.2, -0.15) is 4.98 Å². The van der Waals surface area contributed by atoms with Crippen molar-refractivity contribution in [2.75, 3.05) is 0 Å². The van der Waals surface area contributed by atoms with Crippen LogP contribution in [0.1, 0.15) is 18.9 Å². The number of benzene rings is 1. The maximum atomic E-state index is 12.9. The van der Waals surface area contributed by atoms with Crippen molar-refractivity contribution in [3.8, 4) is 11.4 Å². The molecular weight excluding hydrogens is 218 g/mol. The van der Waals surface area contributed by atoms with Gasteiger partial charge in [-0.05, 0) is 19.1 Å². The van der Waals surface area contributed by atoms with Crippen LogP contribution < -0.4 is 0 Å². The van der Waals surface area contributed by atoms with Gasteiger partial charge in [0, 0.05) is 11.6 Å². The third-order valence-electron chi connectivity index (χ3n) is 1.92. The fourth-order valence-electron chi connectivity index (χ4n) is 1.21. The molecule has 0 saturated heterocycles. The molecule has 16 heavy (non-hydrogen) atoms. The van der Waals surface area contributed by atoms with Crippen molar-refractivity contribution in [2.24, 2.45) is 0 Å². The summed E-state index contributed by atoms with van der Waals surface area (Å²) in [6, 6.07) is 2.92. The predicted molar refractivity (Wildman–Crippen MR) is 50.3 cm³/mol. The molecule has 4 nitrogen and oxygen atoms in total. The summed E-state index contributed by atoms with van der Waals surface area (Å²) in [5.74, 6) is -1.41. The molecule has 1 atom stereocenters. The number of aliphatic hydroxyl groups excluding tert-OH is 1. The summed E-state index contributed by atoms with van der Waals surface area (Å²) < 4.78 is 30.5. The molecule has 0 aliphatic heterocycles. The molecule has 1 aromatic heterocycles. The monoisotopic (exact) mass is 226 g/mol. The molecule has 2 aromatic rings. The minimum absolute atomic E-state index is 0.000306. The van der Waals surface area contributed by atoms with Gasteiger partial charge in [0.05, 0.1) is 0 Å². The quantitative estimate of drug-likeness (QED) is 0.851. The molecule has 1 aromatic carbocycles. The summed E-state index contributed by atoms with van der Waals surface area (Å²) in [5.41, 5.74) is 0.160. The summed E-state index contributed by atoms with van der Waals surface area (Å²) in [4.78, 5) is 3.80. The van der Waals surface area contributed by atoms with E-state index in [0.717, 1.165) is 18.2 Å². The van der Waals surface area contributed by atoms with E-state index in [9.17, 15) is 8.78 Å². The van der Waals surface area contributed by atoms with Crippen molar-refractivity contribution in [3.05, 3.63) is 35.7 Å². The molecule has 0 aliphatic carbocycles. The van der Waals surface area contributed by atoms with E-state index in [1.54, 1.807) is 0 Å². The van der Waals surface area contributed by atoms with Gasteiger partial charge in [0.2, 0.25) is 5.82 Å². The highest BCUT2D eigenvalue weighted by molar-refractivity contribution is 5.54. The van der Waals surface area contributed by atoms with Gasteiger partial charge in [0.15, 0.2) is 0 Å². The first-order chi connectivity index (χ1) is 7.56. The Morgan fingerprint density at radius 3 is 2.38 bits per heavy atom. The standard InChI is InChI=1S/C10H8F2N2O2/c1-5(15)10-13-9(14-16-10)6-2-7(11)4-8(12)3-6/h2-5,15H,1H3/t5-/m0/s1. The summed E-state index contributed by atoms with van der Waals surface area (Å²) in [6.45, 7) is 1.45. The third kappa shape index (κ3) is 2.06. The first kappa shape index (κ1) is 10.7. The van der Waals surface area contributed by atoms with Gasteiger partial charge in [-0.1, -0.05) is 5.16 Å². The van der Waals surface area contributed by atoms with E-state index in [0.29, 0.717) is 0 Å². The number of aliphatic hydroxyl groups is 1. The maximum Gasteiger partial charge on any atom is 0.255 e.